The van der Waals surface area contributed by atoms with Crippen molar-refractivity contribution in [1.82, 2.24) is 0 Å². The summed E-state index contributed by atoms with van der Waals surface area (Å²) in [7, 11) is 0. The van der Waals surface area contributed by atoms with Gasteiger partial charge in [0, 0.05) is 0 Å². The Morgan fingerprint density at radius 2 is 1.88 bits per heavy atom. The fourth-order valence-electron chi connectivity index (χ4n) is 1.89. The Bertz CT molecular complexity index is 546. The van der Waals surface area contributed by atoms with E-state index in [0.29, 0.717) is 6.61 Å². The molecule has 0 unspecified atom stereocenters. The maximum atomic E-state index is 10.4. The van der Waals surface area contributed by atoms with E-state index in [1.54, 1.807) is 0 Å². The highest BCUT2D eigenvalue weighted by atomic mass is 16.5. The lowest BCUT2D eigenvalue weighted by atomic mass is 10.0. The van der Waals surface area contributed by atoms with Gasteiger partial charge in [0.25, 0.3) is 0 Å². The van der Waals surface area contributed by atoms with Crippen molar-refractivity contribution in [2.24, 2.45) is 0 Å². The predicted octanol–water partition coefficient (Wildman–Crippen LogP) is 2.75. The molecule has 2 aromatic rings. The molecule has 0 radical (unpaired) electrons. The summed E-state index contributed by atoms with van der Waals surface area (Å²) in [4.78, 5) is 10.4. The van der Waals surface area contributed by atoms with Gasteiger partial charge in [-0.1, -0.05) is 36.4 Å². The van der Waals surface area contributed by atoms with Crippen molar-refractivity contribution >= 4 is 16.7 Å². The summed E-state index contributed by atoms with van der Waals surface area (Å²) in [6.07, 6.45) is 0. The van der Waals surface area contributed by atoms with Crippen LogP contribution >= 0.6 is 0 Å². The maximum Gasteiger partial charge on any atom is 0.329 e. The summed E-state index contributed by atoms with van der Waals surface area (Å²) < 4.78 is 5.13. The van der Waals surface area contributed by atoms with Crippen molar-refractivity contribution in [2.75, 3.05) is 6.61 Å². The normalized spacial score (nSPS) is 10.6. The highest BCUT2D eigenvalue weighted by molar-refractivity contribution is 5.88. The van der Waals surface area contributed by atoms with E-state index >= 15 is 0 Å². The average Bonchev–Trinajstić information content (AvgIpc) is 2.32. The van der Waals surface area contributed by atoms with E-state index in [1.165, 1.54) is 10.9 Å². The topological polar surface area (TPSA) is 46.5 Å². The number of aliphatic carboxylic acids is 1. The van der Waals surface area contributed by atoms with Crippen LogP contribution in [0.15, 0.2) is 36.4 Å². The number of aryl methyl sites for hydroxylation is 1. The first-order valence-corrected chi connectivity index (χ1v) is 5.45. The Kier molecular flexibility index (Phi) is 3.40. The molecule has 0 fully saturated rings. The molecule has 0 saturated heterocycles. The Hall–Kier alpha value is -1.87. The maximum absolute atomic E-state index is 10.4. The summed E-state index contributed by atoms with van der Waals surface area (Å²) in [6, 6.07) is 12.1. The van der Waals surface area contributed by atoms with Gasteiger partial charge in [-0.2, -0.15) is 0 Å². The summed E-state index contributed by atoms with van der Waals surface area (Å²) >= 11 is 0. The molecule has 0 bridgehead atoms. The zero-order valence-electron chi connectivity index (χ0n) is 9.64. The van der Waals surface area contributed by atoms with Gasteiger partial charge in [0.15, 0.2) is 0 Å². The molecule has 0 aromatic heterocycles. The minimum atomic E-state index is -0.943. The number of ether oxygens (including phenoxy) is 1. The van der Waals surface area contributed by atoms with Crippen LogP contribution in [0.5, 0.6) is 0 Å². The lowest BCUT2D eigenvalue weighted by Crippen LogP contribution is -2.06. The minimum Gasteiger partial charge on any atom is -0.480 e. The van der Waals surface area contributed by atoms with E-state index in [4.69, 9.17) is 9.84 Å². The SMILES string of the molecule is Cc1ccc(COCC(=O)O)c2ccccc12. The molecule has 17 heavy (non-hydrogen) atoms. The van der Waals surface area contributed by atoms with E-state index < -0.39 is 5.97 Å². The van der Waals surface area contributed by atoms with Crippen molar-refractivity contribution < 1.29 is 14.6 Å². The van der Waals surface area contributed by atoms with E-state index in [9.17, 15) is 4.79 Å². The van der Waals surface area contributed by atoms with Gasteiger partial charge in [-0.05, 0) is 28.8 Å². The van der Waals surface area contributed by atoms with Crippen LogP contribution in [0.3, 0.4) is 0 Å². The van der Waals surface area contributed by atoms with Crippen LogP contribution in [0.4, 0.5) is 0 Å². The van der Waals surface area contributed by atoms with Gasteiger partial charge >= 0.3 is 5.97 Å². The van der Waals surface area contributed by atoms with Gasteiger partial charge in [-0.15, -0.1) is 0 Å². The van der Waals surface area contributed by atoms with Crippen molar-refractivity contribution in [3.63, 3.8) is 0 Å². The van der Waals surface area contributed by atoms with E-state index in [2.05, 4.69) is 13.0 Å². The van der Waals surface area contributed by atoms with Crippen molar-refractivity contribution in [3.8, 4) is 0 Å². The fourth-order valence-corrected chi connectivity index (χ4v) is 1.89. The number of carboxylic acids is 1. The highest BCUT2D eigenvalue weighted by Crippen LogP contribution is 2.22. The molecule has 2 aromatic carbocycles. The number of fused-ring (bicyclic) bond motifs is 1. The van der Waals surface area contributed by atoms with E-state index in [1.807, 2.05) is 30.3 Å². The largest absolute Gasteiger partial charge is 0.480 e. The van der Waals surface area contributed by atoms with Gasteiger partial charge in [0.1, 0.15) is 6.61 Å². The van der Waals surface area contributed by atoms with Crippen LogP contribution in [0, 0.1) is 6.92 Å². The number of benzene rings is 2. The molecular weight excluding hydrogens is 216 g/mol. The predicted molar refractivity (Wildman–Crippen MR) is 66.0 cm³/mol. The summed E-state index contributed by atoms with van der Waals surface area (Å²) in [6.45, 7) is 2.12. The second kappa shape index (κ2) is 4.97. The molecule has 1 N–H and O–H groups in total. The number of rotatable bonds is 4. The number of hydrogen-bond donors (Lipinski definition) is 1. The Labute approximate surface area is 99.6 Å². The molecule has 0 spiro atoms. The second-order valence-corrected chi connectivity index (χ2v) is 3.97. The van der Waals surface area contributed by atoms with Crippen LogP contribution in [-0.2, 0) is 16.1 Å². The second-order valence-electron chi connectivity index (χ2n) is 3.97. The molecule has 3 heteroatoms. The lowest BCUT2D eigenvalue weighted by molar-refractivity contribution is -0.142. The third-order valence-corrected chi connectivity index (χ3v) is 2.72. The molecule has 2 rings (SSSR count). The first-order valence-electron chi connectivity index (χ1n) is 5.45. The fraction of sp³-hybridized carbons (Fsp3) is 0.214. The van der Waals surface area contributed by atoms with Gasteiger partial charge in [0.2, 0.25) is 0 Å². The molecule has 0 aliphatic heterocycles. The van der Waals surface area contributed by atoms with Gasteiger partial charge in [0.05, 0.1) is 6.61 Å². The van der Waals surface area contributed by atoms with Crippen molar-refractivity contribution in [2.45, 2.75) is 13.5 Å². The highest BCUT2D eigenvalue weighted by Gasteiger charge is 2.04. The number of carbonyl (C=O) groups is 1. The molecule has 0 saturated carbocycles. The Morgan fingerprint density at radius 3 is 2.59 bits per heavy atom. The first-order chi connectivity index (χ1) is 8.18. The average molecular weight is 230 g/mol. The zero-order valence-corrected chi connectivity index (χ0v) is 9.64. The van der Waals surface area contributed by atoms with E-state index in [0.717, 1.165) is 10.9 Å². The Balaban J connectivity index is 2.28. The standard InChI is InChI=1S/C14H14O3/c1-10-6-7-11(8-17-9-14(15)16)13-5-3-2-4-12(10)13/h2-7H,8-9H2,1H3,(H,15,16). The van der Waals surface area contributed by atoms with Crippen molar-refractivity contribution in [3.05, 3.63) is 47.5 Å². The Morgan fingerprint density at radius 1 is 1.18 bits per heavy atom. The molecule has 0 amide bonds. The molecule has 0 heterocycles. The number of hydrogen-bond acceptors (Lipinski definition) is 2. The quantitative estimate of drug-likeness (QED) is 0.878. The van der Waals surface area contributed by atoms with Gasteiger partial charge in [-0.3, -0.25) is 0 Å². The molecule has 3 nitrogen and oxygen atoms in total. The summed E-state index contributed by atoms with van der Waals surface area (Å²) in [5.41, 5.74) is 2.23. The first kappa shape index (κ1) is 11.6. The number of carboxylic acid groups (broad SMARTS) is 1. The summed E-state index contributed by atoms with van der Waals surface area (Å²) in [5, 5.41) is 10.8. The zero-order chi connectivity index (χ0) is 12.3. The van der Waals surface area contributed by atoms with Crippen LogP contribution in [-0.4, -0.2) is 17.7 Å². The third kappa shape index (κ3) is 2.63. The molecule has 88 valence electrons. The van der Waals surface area contributed by atoms with E-state index in [-0.39, 0.29) is 6.61 Å². The monoisotopic (exact) mass is 230 g/mol. The van der Waals surface area contributed by atoms with Gasteiger partial charge in [-0.25, -0.2) is 4.79 Å². The van der Waals surface area contributed by atoms with Gasteiger partial charge < -0.3 is 9.84 Å². The van der Waals surface area contributed by atoms with Crippen LogP contribution in [0.25, 0.3) is 10.8 Å². The molecular formula is C14H14O3. The molecule has 0 aliphatic rings. The summed E-state index contributed by atoms with van der Waals surface area (Å²) in [5.74, 6) is -0.943. The third-order valence-electron chi connectivity index (χ3n) is 2.72. The van der Waals surface area contributed by atoms with Crippen LogP contribution in [0.1, 0.15) is 11.1 Å². The van der Waals surface area contributed by atoms with Crippen LogP contribution < -0.4 is 0 Å². The molecule has 0 atom stereocenters. The molecule has 0 aliphatic carbocycles. The smallest absolute Gasteiger partial charge is 0.329 e. The lowest BCUT2D eigenvalue weighted by Gasteiger charge is -2.08. The minimum absolute atomic E-state index is 0.262. The van der Waals surface area contributed by atoms with Crippen molar-refractivity contribution in [1.29, 1.82) is 0 Å². The van der Waals surface area contributed by atoms with Crippen LogP contribution in [0.2, 0.25) is 0 Å².